The second kappa shape index (κ2) is 8.08. The molecule has 1 aromatic carbocycles. The lowest BCUT2D eigenvalue weighted by atomic mass is 9.72. The number of ether oxygens (including phenoxy) is 2. The molecule has 1 aromatic rings. The molecular weight excluding hydrogens is 332 g/mol. The molecule has 0 unspecified atom stereocenters. The van der Waals surface area contributed by atoms with Crippen LogP contribution in [0, 0.1) is 5.41 Å². The highest BCUT2D eigenvalue weighted by Gasteiger charge is 2.41. The van der Waals surface area contributed by atoms with E-state index in [0.717, 1.165) is 44.6 Å². The van der Waals surface area contributed by atoms with Gasteiger partial charge in [-0.15, -0.1) is 0 Å². The van der Waals surface area contributed by atoms with Crippen molar-refractivity contribution < 1.29 is 19.1 Å². The van der Waals surface area contributed by atoms with Gasteiger partial charge in [-0.25, -0.2) is 0 Å². The van der Waals surface area contributed by atoms with Gasteiger partial charge in [0.25, 0.3) is 5.91 Å². The van der Waals surface area contributed by atoms with Crippen molar-refractivity contribution in [1.29, 1.82) is 0 Å². The highest BCUT2D eigenvalue weighted by molar-refractivity contribution is 5.94. The molecule has 0 radical (unpaired) electrons. The Hall–Kier alpha value is -2.08. The molecule has 2 saturated heterocycles. The smallest absolute Gasteiger partial charge is 0.253 e. The summed E-state index contributed by atoms with van der Waals surface area (Å²) in [5.74, 6) is 1.05. The summed E-state index contributed by atoms with van der Waals surface area (Å²) in [4.78, 5) is 28.7. The van der Waals surface area contributed by atoms with E-state index >= 15 is 0 Å². The number of carbonyl (C=O) groups excluding carboxylic acids is 2. The Kier molecular flexibility index (Phi) is 5.81. The number of piperidine rings is 2. The average Bonchev–Trinajstić information content (AvgIpc) is 2.69. The van der Waals surface area contributed by atoms with Crippen LogP contribution in [0.3, 0.4) is 0 Å². The number of hydrogen-bond acceptors (Lipinski definition) is 4. The van der Waals surface area contributed by atoms with Crippen LogP contribution in [0.5, 0.6) is 5.75 Å². The van der Waals surface area contributed by atoms with E-state index in [-0.39, 0.29) is 17.2 Å². The molecule has 0 N–H and O–H groups in total. The second-order valence-electron chi connectivity index (χ2n) is 7.33. The molecule has 2 heterocycles. The third kappa shape index (κ3) is 4.01. The fraction of sp³-hybridized carbons (Fsp3) is 0.600. The summed E-state index contributed by atoms with van der Waals surface area (Å²) in [7, 11) is 3.28. The van der Waals surface area contributed by atoms with Gasteiger partial charge in [-0.3, -0.25) is 9.59 Å². The van der Waals surface area contributed by atoms with E-state index in [9.17, 15) is 9.59 Å². The van der Waals surface area contributed by atoms with Crippen LogP contribution in [-0.4, -0.2) is 68.6 Å². The molecule has 0 aromatic heterocycles. The van der Waals surface area contributed by atoms with E-state index in [2.05, 4.69) is 0 Å². The predicted octanol–water partition coefficient (Wildman–Crippen LogP) is 2.19. The summed E-state index contributed by atoms with van der Waals surface area (Å²) in [5, 5.41) is 0. The summed E-state index contributed by atoms with van der Waals surface area (Å²) in [6.45, 7) is 3.52. The lowest BCUT2D eigenvalue weighted by molar-refractivity contribution is -0.139. The SMILES string of the molecule is COCCN1CC2(CCC1=O)CCN(C(=O)c1ccc(OC)cc1)CC2. The maximum absolute atomic E-state index is 12.7. The summed E-state index contributed by atoms with van der Waals surface area (Å²) in [5.41, 5.74) is 0.848. The Morgan fingerprint density at radius 1 is 1.12 bits per heavy atom. The summed E-state index contributed by atoms with van der Waals surface area (Å²) < 4.78 is 10.3. The maximum atomic E-state index is 12.7. The van der Waals surface area contributed by atoms with Crippen molar-refractivity contribution in [1.82, 2.24) is 9.80 Å². The normalized spacial score (nSPS) is 19.7. The van der Waals surface area contributed by atoms with Crippen LogP contribution in [0.25, 0.3) is 0 Å². The molecule has 0 bridgehead atoms. The minimum absolute atomic E-state index is 0.0747. The van der Waals surface area contributed by atoms with E-state index in [4.69, 9.17) is 9.47 Å². The molecule has 2 amide bonds. The molecular formula is C20H28N2O4. The number of rotatable bonds is 5. The number of hydrogen-bond donors (Lipinski definition) is 0. The highest BCUT2D eigenvalue weighted by Crippen LogP contribution is 2.40. The molecule has 142 valence electrons. The molecule has 3 rings (SSSR count). The zero-order valence-electron chi connectivity index (χ0n) is 15.7. The molecule has 2 aliphatic rings. The van der Waals surface area contributed by atoms with Gasteiger partial charge in [-0.1, -0.05) is 0 Å². The number of methoxy groups -OCH3 is 2. The van der Waals surface area contributed by atoms with Gasteiger partial charge in [-0.2, -0.15) is 0 Å². The second-order valence-corrected chi connectivity index (χ2v) is 7.33. The van der Waals surface area contributed by atoms with Crippen molar-refractivity contribution in [2.24, 2.45) is 5.41 Å². The Labute approximate surface area is 155 Å². The topological polar surface area (TPSA) is 59.1 Å². The van der Waals surface area contributed by atoms with Crippen LogP contribution in [0.2, 0.25) is 0 Å². The van der Waals surface area contributed by atoms with Gasteiger partial charge in [0.2, 0.25) is 5.91 Å². The van der Waals surface area contributed by atoms with E-state index in [1.54, 1.807) is 14.2 Å². The van der Waals surface area contributed by atoms with Crippen molar-refractivity contribution in [3.8, 4) is 5.75 Å². The van der Waals surface area contributed by atoms with Crippen LogP contribution in [0.4, 0.5) is 0 Å². The average molecular weight is 360 g/mol. The van der Waals surface area contributed by atoms with Crippen molar-refractivity contribution in [2.75, 3.05) is 47.0 Å². The Balaban J connectivity index is 1.59. The van der Waals surface area contributed by atoms with Gasteiger partial charge in [0, 0.05) is 45.3 Å². The first-order valence-corrected chi connectivity index (χ1v) is 9.27. The van der Waals surface area contributed by atoms with Crippen LogP contribution in [-0.2, 0) is 9.53 Å². The van der Waals surface area contributed by atoms with Crippen LogP contribution in [0.1, 0.15) is 36.0 Å². The number of carbonyl (C=O) groups is 2. The molecule has 2 fully saturated rings. The third-order valence-electron chi connectivity index (χ3n) is 5.76. The van der Waals surface area contributed by atoms with Crippen molar-refractivity contribution in [2.45, 2.75) is 25.7 Å². The van der Waals surface area contributed by atoms with Gasteiger partial charge in [0.1, 0.15) is 5.75 Å². The summed E-state index contributed by atoms with van der Waals surface area (Å²) in [6, 6.07) is 7.27. The first-order valence-electron chi connectivity index (χ1n) is 9.27. The van der Waals surface area contributed by atoms with Crippen molar-refractivity contribution >= 4 is 11.8 Å². The van der Waals surface area contributed by atoms with Crippen LogP contribution in [0.15, 0.2) is 24.3 Å². The van der Waals surface area contributed by atoms with Gasteiger partial charge in [0.05, 0.1) is 13.7 Å². The third-order valence-corrected chi connectivity index (χ3v) is 5.76. The van der Waals surface area contributed by atoms with Gasteiger partial charge < -0.3 is 19.3 Å². The number of amides is 2. The molecule has 0 aliphatic carbocycles. The van der Waals surface area contributed by atoms with Crippen LogP contribution < -0.4 is 4.74 Å². The molecule has 0 atom stereocenters. The lowest BCUT2D eigenvalue weighted by Gasteiger charge is -2.47. The van der Waals surface area contributed by atoms with E-state index < -0.39 is 0 Å². The Bertz CT molecular complexity index is 636. The quantitative estimate of drug-likeness (QED) is 0.808. The fourth-order valence-corrected chi connectivity index (χ4v) is 4.02. The zero-order valence-corrected chi connectivity index (χ0v) is 15.7. The first-order chi connectivity index (χ1) is 12.6. The van der Waals surface area contributed by atoms with Gasteiger partial charge in [-0.05, 0) is 48.9 Å². The predicted molar refractivity (Wildman–Crippen MR) is 98.3 cm³/mol. The highest BCUT2D eigenvalue weighted by atomic mass is 16.5. The van der Waals surface area contributed by atoms with Crippen molar-refractivity contribution in [3.05, 3.63) is 29.8 Å². The Morgan fingerprint density at radius 3 is 2.42 bits per heavy atom. The zero-order chi connectivity index (χ0) is 18.6. The standard InChI is InChI=1S/C20H28N2O4/c1-25-14-13-22-15-20(8-7-18(22)23)9-11-21(12-10-20)19(24)16-3-5-17(26-2)6-4-16/h3-6H,7-15H2,1-2H3. The fourth-order valence-electron chi connectivity index (χ4n) is 4.02. The monoisotopic (exact) mass is 360 g/mol. The number of nitrogens with zero attached hydrogens (tertiary/aromatic N) is 2. The molecule has 0 saturated carbocycles. The van der Waals surface area contributed by atoms with E-state index in [0.29, 0.717) is 25.1 Å². The Morgan fingerprint density at radius 2 is 1.81 bits per heavy atom. The van der Waals surface area contributed by atoms with Gasteiger partial charge in [0.15, 0.2) is 0 Å². The molecule has 1 spiro atoms. The number of likely N-dealkylation sites (tertiary alicyclic amines) is 2. The van der Waals surface area contributed by atoms with Crippen LogP contribution >= 0.6 is 0 Å². The summed E-state index contributed by atoms with van der Waals surface area (Å²) in [6.07, 6.45) is 3.44. The first kappa shape index (κ1) is 18.7. The molecule has 6 heteroatoms. The minimum Gasteiger partial charge on any atom is -0.497 e. The van der Waals surface area contributed by atoms with E-state index in [1.807, 2.05) is 34.1 Å². The molecule has 2 aliphatic heterocycles. The minimum atomic E-state index is 0.0747. The maximum Gasteiger partial charge on any atom is 0.253 e. The molecule has 6 nitrogen and oxygen atoms in total. The summed E-state index contributed by atoms with van der Waals surface area (Å²) >= 11 is 0. The van der Waals surface area contributed by atoms with Crippen molar-refractivity contribution in [3.63, 3.8) is 0 Å². The van der Waals surface area contributed by atoms with Gasteiger partial charge >= 0.3 is 0 Å². The van der Waals surface area contributed by atoms with E-state index in [1.165, 1.54) is 0 Å². The lowest BCUT2D eigenvalue weighted by Crippen LogP contribution is -2.52. The molecule has 26 heavy (non-hydrogen) atoms. The number of benzene rings is 1. The largest absolute Gasteiger partial charge is 0.497 e.